The van der Waals surface area contributed by atoms with Crippen molar-refractivity contribution in [3.8, 4) is 11.6 Å². The molecule has 0 radical (unpaired) electrons. The Hall–Kier alpha value is -2.50. The van der Waals surface area contributed by atoms with Crippen LogP contribution >= 0.6 is 0 Å². The number of hydrogen-bond donors (Lipinski definition) is 2. The molecule has 0 spiro atoms. The van der Waals surface area contributed by atoms with Crippen molar-refractivity contribution in [3.05, 3.63) is 40.8 Å². The fourth-order valence-electron chi connectivity index (χ4n) is 1.60. The summed E-state index contributed by atoms with van der Waals surface area (Å²) < 4.78 is 5.60. The summed E-state index contributed by atoms with van der Waals surface area (Å²) in [6.45, 7) is 5.54. The molecule has 0 amide bonds. The van der Waals surface area contributed by atoms with Crippen molar-refractivity contribution in [3.63, 3.8) is 0 Å². The molecule has 0 aliphatic heterocycles. The van der Waals surface area contributed by atoms with Gasteiger partial charge in [-0.1, -0.05) is 0 Å². The minimum atomic E-state index is -0.0921. The maximum atomic E-state index is 7.63. The number of ether oxygens (including phenoxy) is 1. The smallest absolute Gasteiger partial charge is 0.250 e. The molecule has 0 aromatic carbocycles. The van der Waals surface area contributed by atoms with Gasteiger partial charge in [0.05, 0.1) is 17.5 Å². The summed E-state index contributed by atoms with van der Waals surface area (Å²) in [6.07, 6.45) is 1.59. The molecule has 0 fully saturated rings. The van der Waals surface area contributed by atoms with Crippen LogP contribution < -0.4 is 10.5 Å². The third kappa shape index (κ3) is 2.67. The molecular weight excluding hydrogens is 242 g/mol. The van der Waals surface area contributed by atoms with Crippen molar-refractivity contribution < 1.29 is 4.74 Å². The minimum absolute atomic E-state index is 0.0921. The number of nitrogens with two attached hydrogens (primary N) is 1. The Morgan fingerprint density at radius 1 is 1.21 bits per heavy atom. The van der Waals surface area contributed by atoms with E-state index in [1.165, 1.54) is 0 Å². The van der Waals surface area contributed by atoms with Crippen molar-refractivity contribution >= 4 is 5.84 Å². The minimum Gasteiger partial charge on any atom is -0.435 e. The summed E-state index contributed by atoms with van der Waals surface area (Å²) in [5.74, 6) is 0.664. The average Bonchev–Trinajstić information content (AvgIpc) is 2.36. The lowest BCUT2D eigenvalue weighted by atomic mass is 10.1. The Morgan fingerprint density at radius 2 is 1.95 bits per heavy atom. The van der Waals surface area contributed by atoms with Crippen LogP contribution in [0.5, 0.6) is 11.6 Å². The highest BCUT2D eigenvalue weighted by Crippen LogP contribution is 2.25. The first-order valence-corrected chi connectivity index (χ1v) is 5.78. The maximum Gasteiger partial charge on any atom is 0.250 e. The van der Waals surface area contributed by atoms with E-state index in [0.717, 1.165) is 17.0 Å². The van der Waals surface area contributed by atoms with E-state index in [4.69, 9.17) is 15.9 Å². The van der Waals surface area contributed by atoms with Crippen LogP contribution in [0.15, 0.2) is 18.3 Å². The maximum absolute atomic E-state index is 7.63. The number of hydrogen-bond acceptors (Lipinski definition) is 5. The predicted octanol–water partition coefficient (Wildman–Crippen LogP) is 1.87. The first-order valence-electron chi connectivity index (χ1n) is 5.78. The van der Waals surface area contributed by atoms with Gasteiger partial charge in [-0.2, -0.15) is 5.10 Å². The SMILES string of the molecule is Cc1ccc(Oc2nnc(C)c(C)c2C(=N)N)cn1. The molecule has 2 aromatic heterocycles. The molecule has 0 aliphatic carbocycles. The van der Waals surface area contributed by atoms with Crippen molar-refractivity contribution in [1.82, 2.24) is 15.2 Å². The van der Waals surface area contributed by atoms with E-state index in [0.29, 0.717) is 11.3 Å². The van der Waals surface area contributed by atoms with Gasteiger partial charge >= 0.3 is 0 Å². The van der Waals surface area contributed by atoms with E-state index < -0.39 is 0 Å². The van der Waals surface area contributed by atoms with Crippen molar-refractivity contribution in [2.75, 3.05) is 0 Å². The highest BCUT2D eigenvalue weighted by atomic mass is 16.5. The topological polar surface area (TPSA) is 97.8 Å². The number of pyridine rings is 1. The predicted molar refractivity (Wildman–Crippen MR) is 71.6 cm³/mol. The molecule has 2 aromatic rings. The number of amidine groups is 1. The van der Waals surface area contributed by atoms with E-state index in [-0.39, 0.29) is 11.7 Å². The van der Waals surface area contributed by atoms with E-state index in [1.807, 2.05) is 26.8 Å². The van der Waals surface area contributed by atoms with Crippen LogP contribution in [0.1, 0.15) is 22.5 Å². The van der Waals surface area contributed by atoms with Crippen molar-refractivity contribution in [1.29, 1.82) is 5.41 Å². The quantitative estimate of drug-likeness (QED) is 0.646. The molecule has 19 heavy (non-hydrogen) atoms. The molecule has 3 N–H and O–H groups in total. The van der Waals surface area contributed by atoms with Crippen LogP contribution in [0.2, 0.25) is 0 Å². The Labute approximate surface area is 111 Å². The molecule has 6 nitrogen and oxygen atoms in total. The van der Waals surface area contributed by atoms with Gasteiger partial charge in [0, 0.05) is 5.69 Å². The molecule has 0 atom stereocenters. The second kappa shape index (κ2) is 5.01. The fraction of sp³-hybridized carbons (Fsp3) is 0.231. The highest BCUT2D eigenvalue weighted by Gasteiger charge is 2.15. The van der Waals surface area contributed by atoms with Crippen LogP contribution in [0.25, 0.3) is 0 Å². The van der Waals surface area contributed by atoms with Crippen LogP contribution in [0, 0.1) is 26.2 Å². The number of aryl methyl sites for hydroxylation is 2. The summed E-state index contributed by atoms with van der Waals surface area (Å²) in [5, 5.41) is 15.6. The third-order valence-electron chi connectivity index (χ3n) is 2.79. The van der Waals surface area contributed by atoms with E-state index in [9.17, 15) is 0 Å². The van der Waals surface area contributed by atoms with Gasteiger partial charge in [-0.25, -0.2) is 0 Å². The lowest BCUT2D eigenvalue weighted by Crippen LogP contribution is -2.16. The third-order valence-corrected chi connectivity index (χ3v) is 2.79. The molecule has 0 aliphatic rings. The number of rotatable bonds is 3. The summed E-state index contributed by atoms with van der Waals surface area (Å²) in [5.41, 5.74) is 8.45. The molecule has 0 saturated heterocycles. The zero-order valence-electron chi connectivity index (χ0n) is 11.1. The lowest BCUT2D eigenvalue weighted by molar-refractivity contribution is 0.450. The molecule has 98 valence electrons. The Morgan fingerprint density at radius 3 is 2.53 bits per heavy atom. The van der Waals surface area contributed by atoms with Gasteiger partial charge < -0.3 is 10.5 Å². The molecule has 0 bridgehead atoms. The lowest BCUT2D eigenvalue weighted by Gasteiger charge is -2.11. The molecule has 2 rings (SSSR count). The number of nitrogens with one attached hydrogen (secondary N) is 1. The monoisotopic (exact) mass is 257 g/mol. The first-order chi connectivity index (χ1) is 8.99. The fourth-order valence-corrected chi connectivity index (χ4v) is 1.60. The van der Waals surface area contributed by atoms with Gasteiger partial charge in [-0.3, -0.25) is 10.4 Å². The normalized spacial score (nSPS) is 10.3. The average molecular weight is 257 g/mol. The molecule has 0 saturated carbocycles. The standard InChI is InChI=1S/C13H15N5O/c1-7-4-5-10(6-16-7)19-13-11(12(14)15)8(2)9(3)17-18-13/h4-6H,1-3H3,(H3,14,15). The Balaban J connectivity index is 2.42. The second-order valence-electron chi connectivity index (χ2n) is 4.24. The number of aromatic nitrogens is 3. The van der Waals surface area contributed by atoms with Gasteiger partial charge in [0.2, 0.25) is 5.88 Å². The summed E-state index contributed by atoms with van der Waals surface area (Å²) in [6, 6.07) is 3.61. The summed E-state index contributed by atoms with van der Waals surface area (Å²) >= 11 is 0. The van der Waals surface area contributed by atoms with Gasteiger partial charge in [-0.15, -0.1) is 5.10 Å². The van der Waals surface area contributed by atoms with Crippen molar-refractivity contribution in [2.24, 2.45) is 5.73 Å². The number of nitrogens with zero attached hydrogens (tertiary/aromatic N) is 3. The second-order valence-corrected chi connectivity index (χ2v) is 4.24. The van der Waals surface area contributed by atoms with Gasteiger partial charge in [0.25, 0.3) is 0 Å². The van der Waals surface area contributed by atoms with E-state index in [2.05, 4.69) is 15.2 Å². The summed E-state index contributed by atoms with van der Waals surface area (Å²) in [4.78, 5) is 4.13. The summed E-state index contributed by atoms with van der Waals surface area (Å²) in [7, 11) is 0. The van der Waals surface area contributed by atoms with Gasteiger partial charge in [-0.05, 0) is 38.5 Å². The molecule has 0 unspecified atom stereocenters. The van der Waals surface area contributed by atoms with Crippen LogP contribution in [0.3, 0.4) is 0 Å². The van der Waals surface area contributed by atoms with Crippen LogP contribution in [-0.2, 0) is 0 Å². The van der Waals surface area contributed by atoms with Crippen LogP contribution in [-0.4, -0.2) is 21.0 Å². The van der Waals surface area contributed by atoms with E-state index in [1.54, 1.807) is 12.3 Å². The zero-order chi connectivity index (χ0) is 14.0. The van der Waals surface area contributed by atoms with Gasteiger partial charge in [0.1, 0.15) is 11.6 Å². The van der Waals surface area contributed by atoms with Crippen molar-refractivity contribution in [2.45, 2.75) is 20.8 Å². The zero-order valence-corrected chi connectivity index (χ0v) is 11.1. The molecular formula is C13H15N5O. The van der Waals surface area contributed by atoms with E-state index >= 15 is 0 Å². The molecule has 2 heterocycles. The first kappa shape index (κ1) is 12.9. The largest absolute Gasteiger partial charge is 0.435 e. The highest BCUT2D eigenvalue weighted by molar-refractivity contribution is 5.98. The van der Waals surface area contributed by atoms with Crippen LogP contribution in [0.4, 0.5) is 0 Å². The van der Waals surface area contributed by atoms with Gasteiger partial charge in [0.15, 0.2) is 0 Å². The molecule has 6 heteroatoms. The Bertz CT molecular complexity index is 622. The number of nitrogen functional groups attached to an aromatic ring is 1. The Kier molecular flexibility index (Phi) is 3.41.